The standard InChI is InChI=1S/C10H12BNO5.ClH/c12-4-9-7-2-1-6(16-5-10(13)14)3-8(7)11(15)17-9;/h1-3,9,15H,4-5,12H2,(H,13,14);1H. The molecule has 18 heavy (non-hydrogen) atoms. The van der Waals surface area contributed by atoms with E-state index < -0.39 is 19.7 Å². The lowest BCUT2D eigenvalue weighted by molar-refractivity contribution is -0.139. The van der Waals surface area contributed by atoms with Gasteiger partial charge in [0.25, 0.3) is 0 Å². The molecular weight excluding hydrogens is 260 g/mol. The van der Waals surface area contributed by atoms with Crippen molar-refractivity contribution >= 4 is 31.0 Å². The zero-order valence-corrected chi connectivity index (χ0v) is 10.2. The molecule has 0 spiro atoms. The topological polar surface area (TPSA) is 102 Å². The van der Waals surface area contributed by atoms with Gasteiger partial charge in [-0.3, -0.25) is 0 Å². The van der Waals surface area contributed by atoms with Crippen LogP contribution in [0.5, 0.6) is 5.75 Å². The molecule has 1 atom stereocenters. The maximum atomic E-state index is 10.4. The maximum absolute atomic E-state index is 10.4. The van der Waals surface area contributed by atoms with Gasteiger partial charge >= 0.3 is 13.1 Å². The van der Waals surface area contributed by atoms with Crippen LogP contribution in [0, 0.1) is 0 Å². The van der Waals surface area contributed by atoms with E-state index in [-0.39, 0.29) is 25.1 Å². The first-order valence-corrected chi connectivity index (χ1v) is 5.14. The Bertz CT molecular complexity index is 444. The number of benzene rings is 1. The van der Waals surface area contributed by atoms with Gasteiger partial charge in [-0.25, -0.2) is 4.79 Å². The molecule has 98 valence electrons. The van der Waals surface area contributed by atoms with Crippen molar-refractivity contribution in [1.29, 1.82) is 0 Å². The fourth-order valence-electron chi connectivity index (χ4n) is 1.78. The Balaban J connectivity index is 0.00000162. The third kappa shape index (κ3) is 2.94. The highest BCUT2D eigenvalue weighted by molar-refractivity contribution is 6.61. The molecule has 0 bridgehead atoms. The number of rotatable bonds is 4. The Morgan fingerprint density at radius 3 is 2.89 bits per heavy atom. The van der Waals surface area contributed by atoms with Crippen molar-refractivity contribution < 1.29 is 24.3 Å². The molecule has 4 N–H and O–H groups in total. The molecule has 2 rings (SSSR count). The van der Waals surface area contributed by atoms with Crippen LogP contribution in [0.15, 0.2) is 18.2 Å². The summed E-state index contributed by atoms with van der Waals surface area (Å²) in [5.41, 5.74) is 6.88. The molecule has 0 radical (unpaired) electrons. The number of aliphatic carboxylic acids is 1. The summed E-state index contributed by atoms with van der Waals surface area (Å²) in [4.78, 5) is 10.4. The molecule has 0 saturated heterocycles. The van der Waals surface area contributed by atoms with Crippen molar-refractivity contribution in [2.45, 2.75) is 6.10 Å². The van der Waals surface area contributed by atoms with Crippen LogP contribution in [-0.2, 0) is 9.45 Å². The van der Waals surface area contributed by atoms with Gasteiger partial charge in [-0.15, -0.1) is 12.4 Å². The van der Waals surface area contributed by atoms with Crippen molar-refractivity contribution in [2.24, 2.45) is 5.73 Å². The first-order chi connectivity index (χ1) is 8.11. The summed E-state index contributed by atoms with van der Waals surface area (Å²) in [6.07, 6.45) is -0.325. The first-order valence-electron chi connectivity index (χ1n) is 5.14. The third-order valence-electron chi connectivity index (χ3n) is 2.54. The summed E-state index contributed by atoms with van der Waals surface area (Å²) in [5, 5.41) is 18.1. The van der Waals surface area contributed by atoms with Crippen molar-refractivity contribution in [3.8, 4) is 5.75 Å². The second-order valence-corrected chi connectivity index (χ2v) is 3.69. The highest BCUT2D eigenvalue weighted by Crippen LogP contribution is 2.24. The molecule has 1 aromatic rings. The minimum Gasteiger partial charge on any atom is -0.482 e. The number of hydrogen-bond acceptors (Lipinski definition) is 5. The molecule has 0 saturated carbocycles. The summed E-state index contributed by atoms with van der Waals surface area (Å²) in [6.45, 7) is -0.143. The summed E-state index contributed by atoms with van der Waals surface area (Å²) in [5.74, 6) is -0.673. The summed E-state index contributed by atoms with van der Waals surface area (Å²) >= 11 is 0. The number of hydrogen-bond donors (Lipinski definition) is 3. The number of carbonyl (C=O) groups is 1. The summed E-state index contributed by atoms with van der Waals surface area (Å²) in [7, 11) is -1.04. The highest BCUT2D eigenvalue weighted by atomic mass is 35.5. The highest BCUT2D eigenvalue weighted by Gasteiger charge is 2.34. The Labute approximate surface area is 110 Å². The minimum absolute atomic E-state index is 0. The van der Waals surface area contributed by atoms with Crippen molar-refractivity contribution in [1.82, 2.24) is 0 Å². The lowest BCUT2D eigenvalue weighted by Crippen LogP contribution is -2.28. The van der Waals surface area contributed by atoms with Crippen LogP contribution in [0.1, 0.15) is 11.7 Å². The van der Waals surface area contributed by atoms with Gasteiger partial charge in [0.05, 0.1) is 6.10 Å². The SMILES string of the molecule is Cl.NCC1OB(O)c2cc(OCC(=O)O)ccc21. The van der Waals surface area contributed by atoms with Crippen molar-refractivity contribution in [2.75, 3.05) is 13.2 Å². The predicted octanol–water partition coefficient (Wildman–Crippen LogP) is -0.711. The molecule has 1 aliphatic rings. The van der Waals surface area contributed by atoms with Crippen LogP contribution in [0.25, 0.3) is 0 Å². The van der Waals surface area contributed by atoms with Gasteiger partial charge in [0, 0.05) is 6.54 Å². The number of fused-ring (bicyclic) bond motifs is 1. The smallest absolute Gasteiger partial charge is 0.482 e. The second kappa shape index (κ2) is 6.06. The predicted molar refractivity (Wildman–Crippen MR) is 67.3 cm³/mol. The average molecular weight is 273 g/mol. The minimum atomic E-state index is -1.05. The number of ether oxygens (including phenoxy) is 1. The van der Waals surface area contributed by atoms with Crippen molar-refractivity contribution in [3.05, 3.63) is 23.8 Å². The van der Waals surface area contributed by atoms with E-state index in [2.05, 4.69) is 0 Å². The van der Waals surface area contributed by atoms with E-state index in [0.29, 0.717) is 11.2 Å². The summed E-state index contributed by atoms with van der Waals surface area (Å²) < 4.78 is 10.2. The largest absolute Gasteiger partial charge is 0.492 e. The van der Waals surface area contributed by atoms with Gasteiger partial charge in [0.2, 0.25) is 0 Å². The van der Waals surface area contributed by atoms with Crippen LogP contribution < -0.4 is 15.9 Å². The van der Waals surface area contributed by atoms with Crippen LogP contribution in [0.4, 0.5) is 0 Å². The van der Waals surface area contributed by atoms with E-state index in [0.717, 1.165) is 5.56 Å². The first kappa shape index (κ1) is 14.8. The normalized spacial score (nSPS) is 17.0. The van der Waals surface area contributed by atoms with Crippen LogP contribution in [0.2, 0.25) is 0 Å². The molecule has 0 aliphatic carbocycles. The van der Waals surface area contributed by atoms with E-state index in [4.69, 9.17) is 20.2 Å². The Hall–Kier alpha value is -1.28. The van der Waals surface area contributed by atoms with Crippen LogP contribution >= 0.6 is 12.4 Å². The van der Waals surface area contributed by atoms with E-state index >= 15 is 0 Å². The lowest BCUT2D eigenvalue weighted by Gasteiger charge is -2.09. The lowest BCUT2D eigenvalue weighted by atomic mass is 9.79. The molecule has 8 heteroatoms. The Morgan fingerprint density at radius 2 is 2.28 bits per heavy atom. The number of halogens is 1. The average Bonchev–Trinajstić information content (AvgIpc) is 2.63. The second-order valence-electron chi connectivity index (χ2n) is 3.69. The van der Waals surface area contributed by atoms with Gasteiger partial charge < -0.3 is 25.3 Å². The van der Waals surface area contributed by atoms with Gasteiger partial charge in [-0.2, -0.15) is 0 Å². The van der Waals surface area contributed by atoms with E-state index in [9.17, 15) is 9.82 Å². The molecule has 1 aromatic carbocycles. The van der Waals surface area contributed by atoms with Crippen LogP contribution in [-0.4, -0.2) is 36.4 Å². The number of carboxylic acids is 1. The molecule has 6 nitrogen and oxygen atoms in total. The molecule has 0 aromatic heterocycles. The fourth-order valence-corrected chi connectivity index (χ4v) is 1.78. The van der Waals surface area contributed by atoms with E-state index in [1.807, 2.05) is 0 Å². The van der Waals surface area contributed by atoms with Gasteiger partial charge in [-0.05, 0) is 23.2 Å². The van der Waals surface area contributed by atoms with Gasteiger partial charge in [0.15, 0.2) is 6.61 Å². The molecule has 1 heterocycles. The third-order valence-corrected chi connectivity index (χ3v) is 2.54. The zero-order chi connectivity index (χ0) is 12.4. The monoisotopic (exact) mass is 273 g/mol. The van der Waals surface area contributed by atoms with E-state index in [1.165, 1.54) is 0 Å². The van der Waals surface area contributed by atoms with Gasteiger partial charge in [-0.1, -0.05) is 6.07 Å². The fraction of sp³-hybridized carbons (Fsp3) is 0.300. The van der Waals surface area contributed by atoms with Crippen molar-refractivity contribution in [3.63, 3.8) is 0 Å². The van der Waals surface area contributed by atoms with Crippen LogP contribution in [0.3, 0.4) is 0 Å². The quantitative estimate of drug-likeness (QED) is 0.626. The molecule has 0 amide bonds. The number of nitrogens with two attached hydrogens (primary N) is 1. The molecule has 1 unspecified atom stereocenters. The maximum Gasteiger partial charge on any atom is 0.492 e. The Morgan fingerprint density at radius 1 is 1.56 bits per heavy atom. The van der Waals surface area contributed by atoms with Gasteiger partial charge in [0.1, 0.15) is 5.75 Å². The summed E-state index contributed by atoms with van der Waals surface area (Å²) in [6, 6.07) is 4.92. The molecular formula is C10H13BClNO5. The zero-order valence-electron chi connectivity index (χ0n) is 9.41. The van der Waals surface area contributed by atoms with E-state index in [1.54, 1.807) is 18.2 Å². The number of carboxylic acid groups (broad SMARTS) is 1. The molecule has 1 aliphatic heterocycles. The Kier molecular flexibility index (Phi) is 4.98. The molecule has 0 fully saturated rings.